The van der Waals surface area contributed by atoms with Crippen LogP contribution in [0.2, 0.25) is 5.02 Å². The van der Waals surface area contributed by atoms with Crippen molar-refractivity contribution in [3.8, 4) is 5.75 Å². The van der Waals surface area contributed by atoms with Crippen LogP contribution in [0.5, 0.6) is 5.75 Å². The summed E-state index contributed by atoms with van der Waals surface area (Å²) in [7, 11) is 0. The lowest BCUT2D eigenvalue weighted by atomic mass is 10.1. The summed E-state index contributed by atoms with van der Waals surface area (Å²) in [6, 6.07) is 10.9. The van der Waals surface area contributed by atoms with Crippen molar-refractivity contribution in [2.75, 3.05) is 6.61 Å². The monoisotopic (exact) mass is 296 g/mol. The molecule has 0 bridgehead atoms. The number of carbonyl (C=O) groups is 1. The van der Waals surface area contributed by atoms with Crippen molar-refractivity contribution in [2.24, 2.45) is 5.92 Å². The van der Waals surface area contributed by atoms with E-state index in [1.165, 1.54) is 0 Å². The molecule has 0 aliphatic rings. The minimum Gasteiger partial charge on any atom is -0.491 e. The molecule has 100 valence electrons. The molecule has 2 rings (SSSR count). The number of hydrogen-bond acceptors (Lipinski definition) is 3. The zero-order valence-electron chi connectivity index (χ0n) is 10.1. The van der Waals surface area contributed by atoms with E-state index in [-0.39, 0.29) is 6.61 Å². The first-order valence-corrected chi connectivity index (χ1v) is 7.05. The number of para-hydroxylation sites is 1. The lowest BCUT2D eigenvalue weighted by Gasteiger charge is -2.13. The van der Waals surface area contributed by atoms with Gasteiger partial charge in [-0.25, -0.2) is 0 Å². The molecule has 0 fully saturated rings. The molecule has 1 heterocycles. The van der Waals surface area contributed by atoms with Crippen molar-refractivity contribution in [3.63, 3.8) is 0 Å². The van der Waals surface area contributed by atoms with E-state index in [9.17, 15) is 9.90 Å². The SMILES string of the molecule is O=C(O)C(COc1ccccc1Cl)Cc1cccs1. The predicted octanol–water partition coefficient (Wildman–Crippen LogP) is 3.72. The van der Waals surface area contributed by atoms with Crippen molar-refractivity contribution in [1.29, 1.82) is 0 Å². The van der Waals surface area contributed by atoms with Crippen molar-refractivity contribution >= 4 is 28.9 Å². The van der Waals surface area contributed by atoms with Crippen LogP contribution in [0.1, 0.15) is 4.88 Å². The van der Waals surface area contributed by atoms with Crippen molar-refractivity contribution in [1.82, 2.24) is 0 Å². The Balaban J connectivity index is 1.98. The van der Waals surface area contributed by atoms with Gasteiger partial charge in [-0.05, 0) is 30.0 Å². The summed E-state index contributed by atoms with van der Waals surface area (Å²) in [6.07, 6.45) is 0.470. The third-order valence-electron chi connectivity index (χ3n) is 2.65. The standard InChI is InChI=1S/C14H13ClO3S/c15-12-5-1-2-6-13(12)18-9-10(14(16)17)8-11-4-3-7-19-11/h1-7,10H,8-9H2,(H,16,17). The van der Waals surface area contributed by atoms with Gasteiger partial charge in [-0.15, -0.1) is 11.3 Å². The number of carboxylic acid groups (broad SMARTS) is 1. The van der Waals surface area contributed by atoms with Crippen LogP contribution >= 0.6 is 22.9 Å². The average molecular weight is 297 g/mol. The topological polar surface area (TPSA) is 46.5 Å². The molecule has 0 radical (unpaired) electrons. The second-order valence-corrected chi connectivity index (χ2v) is 5.50. The molecular weight excluding hydrogens is 284 g/mol. The first-order valence-electron chi connectivity index (χ1n) is 5.79. The maximum absolute atomic E-state index is 11.2. The van der Waals surface area contributed by atoms with E-state index in [1.54, 1.807) is 35.6 Å². The number of carboxylic acids is 1. The largest absolute Gasteiger partial charge is 0.491 e. The summed E-state index contributed by atoms with van der Waals surface area (Å²) < 4.78 is 5.50. The van der Waals surface area contributed by atoms with Gasteiger partial charge >= 0.3 is 5.97 Å². The summed E-state index contributed by atoms with van der Waals surface area (Å²) in [5.41, 5.74) is 0. The first kappa shape index (κ1) is 13.9. The number of rotatable bonds is 6. The number of aliphatic carboxylic acids is 1. The fraction of sp³-hybridized carbons (Fsp3) is 0.214. The molecule has 0 aliphatic carbocycles. The number of hydrogen-bond donors (Lipinski definition) is 1. The molecule has 5 heteroatoms. The second-order valence-electron chi connectivity index (χ2n) is 4.06. The highest BCUT2D eigenvalue weighted by atomic mass is 35.5. The van der Waals surface area contributed by atoms with Gasteiger partial charge in [0.25, 0.3) is 0 Å². The minimum absolute atomic E-state index is 0.108. The maximum Gasteiger partial charge on any atom is 0.310 e. The highest BCUT2D eigenvalue weighted by Crippen LogP contribution is 2.24. The van der Waals surface area contributed by atoms with E-state index in [4.69, 9.17) is 16.3 Å². The molecular formula is C14H13ClO3S. The summed E-state index contributed by atoms with van der Waals surface area (Å²) in [4.78, 5) is 12.3. The van der Waals surface area contributed by atoms with Crippen LogP contribution in [0.4, 0.5) is 0 Å². The third kappa shape index (κ3) is 3.98. The molecule has 2 aromatic rings. The molecule has 0 saturated heterocycles. The molecule has 0 aliphatic heterocycles. The Morgan fingerprint density at radius 2 is 2.11 bits per heavy atom. The molecule has 0 saturated carbocycles. The maximum atomic E-state index is 11.2. The molecule has 1 aromatic heterocycles. The lowest BCUT2D eigenvalue weighted by molar-refractivity contribution is -0.142. The first-order chi connectivity index (χ1) is 9.16. The molecule has 1 atom stereocenters. The van der Waals surface area contributed by atoms with Crippen LogP contribution in [0, 0.1) is 5.92 Å². The Morgan fingerprint density at radius 1 is 1.32 bits per heavy atom. The van der Waals surface area contributed by atoms with Crippen molar-refractivity contribution in [3.05, 3.63) is 51.7 Å². The smallest absolute Gasteiger partial charge is 0.310 e. The van der Waals surface area contributed by atoms with Crippen LogP contribution < -0.4 is 4.74 Å². The average Bonchev–Trinajstić information content (AvgIpc) is 2.88. The Bertz CT molecular complexity index is 539. The summed E-state index contributed by atoms with van der Waals surface area (Å²) in [5, 5.41) is 11.6. The van der Waals surface area contributed by atoms with Crippen LogP contribution in [0.15, 0.2) is 41.8 Å². The lowest BCUT2D eigenvalue weighted by Crippen LogP contribution is -2.23. The van der Waals surface area contributed by atoms with E-state index < -0.39 is 11.9 Å². The van der Waals surface area contributed by atoms with Crippen LogP contribution in [0.3, 0.4) is 0 Å². The summed E-state index contributed by atoms with van der Waals surface area (Å²) in [6.45, 7) is 0.108. The zero-order chi connectivity index (χ0) is 13.7. The molecule has 1 aromatic carbocycles. The molecule has 1 unspecified atom stereocenters. The van der Waals surface area contributed by atoms with E-state index >= 15 is 0 Å². The summed E-state index contributed by atoms with van der Waals surface area (Å²) in [5.74, 6) is -0.919. The molecule has 0 spiro atoms. The van der Waals surface area contributed by atoms with E-state index in [1.807, 2.05) is 17.5 Å². The van der Waals surface area contributed by atoms with Gasteiger partial charge in [0.05, 0.1) is 10.9 Å². The fourth-order valence-electron chi connectivity index (χ4n) is 1.64. The predicted molar refractivity (Wildman–Crippen MR) is 76.1 cm³/mol. The van der Waals surface area contributed by atoms with E-state index in [0.717, 1.165) is 4.88 Å². The number of benzene rings is 1. The van der Waals surface area contributed by atoms with Crippen molar-refractivity contribution in [2.45, 2.75) is 6.42 Å². The van der Waals surface area contributed by atoms with Gasteiger partial charge in [0, 0.05) is 4.88 Å². The van der Waals surface area contributed by atoms with Gasteiger partial charge in [-0.1, -0.05) is 29.8 Å². The summed E-state index contributed by atoms with van der Waals surface area (Å²) >= 11 is 7.51. The van der Waals surface area contributed by atoms with Gasteiger partial charge in [-0.3, -0.25) is 4.79 Å². The Kier molecular flexibility index (Phi) is 4.82. The molecule has 0 amide bonds. The third-order valence-corrected chi connectivity index (χ3v) is 3.86. The second kappa shape index (κ2) is 6.59. The Labute approximate surface area is 120 Å². The number of thiophene rings is 1. The number of ether oxygens (including phenoxy) is 1. The molecule has 3 nitrogen and oxygen atoms in total. The van der Waals surface area contributed by atoms with Crippen LogP contribution in [0.25, 0.3) is 0 Å². The Hall–Kier alpha value is -1.52. The van der Waals surface area contributed by atoms with Crippen LogP contribution in [-0.4, -0.2) is 17.7 Å². The Morgan fingerprint density at radius 3 is 2.74 bits per heavy atom. The fourth-order valence-corrected chi connectivity index (χ4v) is 2.62. The van der Waals surface area contributed by atoms with Gasteiger partial charge < -0.3 is 9.84 Å². The van der Waals surface area contributed by atoms with Gasteiger partial charge in [0.2, 0.25) is 0 Å². The highest BCUT2D eigenvalue weighted by Gasteiger charge is 2.20. The highest BCUT2D eigenvalue weighted by molar-refractivity contribution is 7.09. The quantitative estimate of drug-likeness (QED) is 0.883. The number of halogens is 1. The normalized spacial score (nSPS) is 12.1. The minimum atomic E-state index is -0.861. The van der Waals surface area contributed by atoms with E-state index in [0.29, 0.717) is 17.2 Å². The van der Waals surface area contributed by atoms with Crippen LogP contribution in [-0.2, 0) is 11.2 Å². The van der Waals surface area contributed by atoms with Gasteiger partial charge in [0.1, 0.15) is 12.4 Å². The van der Waals surface area contributed by atoms with Crippen molar-refractivity contribution < 1.29 is 14.6 Å². The zero-order valence-corrected chi connectivity index (χ0v) is 11.7. The van der Waals surface area contributed by atoms with Gasteiger partial charge in [-0.2, -0.15) is 0 Å². The molecule has 1 N–H and O–H groups in total. The molecule has 19 heavy (non-hydrogen) atoms. The van der Waals surface area contributed by atoms with E-state index in [2.05, 4.69) is 0 Å². The van der Waals surface area contributed by atoms with Gasteiger partial charge in [0.15, 0.2) is 0 Å².